The molecular weight excluding hydrogens is 386 g/mol. The number of hydrogen-bond acceptors (Lipinski definition) is 7. The van der Waals surface area contributed by atoms with Gasteiger partial charge in [-0.3, -0.25) is 0 Å². The van der Waals surface area contributed by atoms with Crippen LogP contribution in [0.25, 0.3) is 34.1 Å². The highest BCUT2D eigenvalue weighted by Gasteiger charge is 2.26. The predicted octanol–water partition coefficient (Wildman–Crippen LogP) is 5.42. The van der Waals surface area contributed by atoms with Crippen LogP contribution in [0, 0.1) is 0 Å². The summed E-state index contributed by atoms with van der Waals surface area (Å²) >= 11 is 1.75. The van der Waals surface area contributed by atoms with E-state index in [0.717, 1.165) is 22.4 Å². The van der Waals surface area contributed by atoms with Crippen LogP contribution in [0.4, 0.5) is 0 Å². The zero-order valence-corrected chi connectivity index (χ0v) is 16.9. The normalized spacial score (nSPS) is 13.4. The number of hydrogen-bond donors (Lipinski definition) is 0. The van der Waals surface area contributed by atoms with Gasteiger partial charge in [-0.2, -0.15) is 4.98 Å². The molecule has 1 aliphatic carbocycles. The van der Waals surface area contributed by atoms with E-state index in [0.29, 0.717) is 29.1 Å². The molecule has 1 aliphatic rings. The monoisotopic (exact) mass is 405 g/mol. The quantitative estimate of drug-likeness (QED) is 0.426. The number of aromatic nitrogens is 3. The van der Waals surface area contributed by atoms with Gasteiger partial charge < -0.3 is 14.0 Å². The maximum Gasteiger partial charge on any atom is 0.258 e. The molecule has 0 bridgehead atoms. The number of benzene rings is 2. The van der Waals surface area contributed by atoms with Gasteiger partial charge in [-0.05, 0) is 31.0 Å². The van der Waals surface area contributed by atoms with E-state index in [2.05, 4.69) is 15.5 Å². The average Bonchev–Trinajstić information content (AvgIpc) is 3.29. The van der Waals surface area contributed by atoms with Gasteiger partial charge in [-0.25, -0.2) is 4.98 Å². The Bertz CT molecular complexity index is 1150. The van der Waals surface area contributed by atoms with Gasteiger partial charge in [0.1, 0.15) is 0 Å². The molecule has 2 aromatic heterocycles. The standard InChI is InChI=1S/C22H19N3O3S/c1-26-18-10-9-16(11-19(18)27-2)21-24-20(25-28-21)14-5-3-13(4-6-14)17-12-29-22(23-17)15-7-8-15/h3-6,9-12,15H,7-8H2,1-2H3. The van der Waals surface area contributed by atoms with Crippen LogP contribution < -0.4 is 9.47 Å². The van der Waals surface area contributed by atoms with Crippen LogP contribution >= 0.6 is 11.3 Å². The molecule has 6 nitrogen and oxygen atoms in total. The Morgan fingerprint density at radius 1 is 0.897 bits per heavy atom. The van der Waals surface area contributed by atoms with Crippen molar-refractivity contribution in [3.63, 3.8) is 0 Å². The van der Waals surface area contributed by atoms with E-state index >= 15 is 0 Å². The number of thiazole rings is 1. The maximum atomic E-state index is 5.46. The zero-order valence-electron chi connectivity index (χ0n) is 16.1. The number of nitrogens with zero attached hydrogens (tertiary/aromatic N) is 3. The Morgan fingerprint density at radius 3 is 2.34 bits per heavy atom. The summed E-state index contributed by atoms with van der Waals surface area (Å²) in [6, 6.07) is 13.6. The summed E-state index contributed by atoms with van der Waals surface area (Å²) in [5, 5.41) is 7.51. The van der Waals surface area contributed by atoms with Crippen LogP contribution in [-0.4, -0.2) is 29.3 Å². The molecule has 4 aromatic rings. The highest BCUT2D eigenvalue weighted by Crippen LogP contribution is 2.42. The minimum atomic E-state index is 0.429. The van der Waals surface area contributed by atoms with Crippen molar-refractivity contribution in [2.24, 2.45) is 0 Å². The van der Waals surface area contributed by atoms with Gasteiger partial charge in [0.05, 0.1) is 24.9 Å². The van der Waals surface area contributed by atoms with Gasteiger partial charge in [0.15, 0.2) is 11.5 Å². The second-order valence-electron chi connectivity index (χ2n) is 6.92. The van der Waals surface area contributed by atoms with Gasteiger partial charge in [-0.1, -0.05) is 29.4 Å². The van der Waals surface area contributed by atoms with E-state index in [9.17, 15) is 0 Å². The molecule has 0 saturated heterocycles. The Hall–Kier alpha value is -3.19. The Balaban J connectivity index is 1.38. The lowest BCUT2D eigenvalue weighted by Crippen LogP contribution is -1.91. The van der Waals surface area contributed by atoms with E-state index in [-0.39, 0.29) is 0 Å². The Morgan fingerprint density at radius 2 is 1.62 bits per heavy atom. The first kappa shape index (κ1) is 17.9. The highest BCUT2D eigenvalue weighted by molar-refractivity contribution is 7.10. The molecule has 2 heterocycles. The molecule has 0 unspecified atom stereocenters. The predicted molar refractivity (Wildman–Crippen MR) is 111 cm³/mol. The van der Waals surface area contributed by atoms with Crippen LogP contribution in [0.5, 0.6) is 11.5 Å². The van der Waals surface area contributed by atoms with Crippen molar-refractivity contribution in [2.75, 3.05) is 14.2 Å². The molecule has 0 amide bonds. The van der Waals surface area contributed by atoms with Gasteiger partial charge in [0.2, 0.25) is 5.82 Å². The molecule has 0 spiro atoms. The largest absolute Gasteiger partial charge is 0.493 e. The number of methoxy groups -OCH3 is 2. The summed E-state index contributed by atoms with van der Waals surface area (Å²) in [6.45, 7) is 0. The second kappa shape index (κ2) is 7.33. The van der Waals surface area contributed by atoms with Crippen LogP contribution in [0.3, 0.4) is 0 Å². The Labute approximate surface area is 172 Å². The SMILES string of the molecule is COc1ccc(-c2nc(-c3ccc(-c4csc(C5CC5)n4)cc3)no2)cc1OC. The third-order valence-electron chi connectivity index (χ3n) is 4.94. The van der Waals surface area contributed by atoms with E-state index in [1.54, 1.807) is 25.6 Å². The maximum absolute atomic E-state index is 5.46. The molecule has 0 radical (unpaired) electrons. The Kier molecular flexibility index (Phi) is 4.52. The van der Waals surface area contributed by atoms with Crippen LogP contribution in [0.15, 0.2) is 52.4 Å². The summed E-state index contributed by atoms with van der Waals surface area (Å²) < 4.78 is 16.1. The average molecular weight is 405 g/mol. The molecule has 2 aromatic carbocycles. The van der Waals surface area contributed by atoms with Gasteiger partial charge in [0, 0.05) is 28.0 Å². The van der Waals surface area contributed by atoms with Gasteiger partial charge in [0.25, 0.3) is 5.89 Å². The first-order valence-electron chi connectivity index (χ1n) is 9.37. The minimum Gasteiger partial charge on any atom is -0.493 e. The highest BCUT2D eigenvalue weighted by atomic mass is 32.1. The van der Waals surface area contributed by atoms with Crippen molar-refractivity contribution in [3.05, 3.63) is 52.9 Å². The lowest BCUT2D eigenvalue weighted by Gasteiger charge is -2.07. The molecular formula is C22H19N3O3S. The fourth-order valence-electron chi connectivity index (χ4n) is 3.16. The van der Waals surface area contributed by atoms with Crippen molar-refractivity contribution in [3.8, 4) is 45.6 Å². The molecule has 5 rings (SSSR count). The van der Waals surface area contributed by atoms with Crippen molar-refractivity contribution in [1.82, 2.24) is 15.1 Å². The van der Waals surface area contributed by atoms with E-state index in [4.69, 9.17) is 19.0 Å². The molecule has 1 fully saturated rings. The summed E-state index contributed by atoms with van der Waals surface area (Å²) in [5.41, 5.74) is 3.79. The van der Waals surface area contributed by atoms with Gasteiger partial charge in [-0.15, -0.1) is 11.3 Å². The van der Waals surface area contributed by atoms with Crippen LogP contribution in [0.1, 0.15) is 23.8 Å². The number of rotatable bonds is 6. The van der Waals surface area contributed by atoms with Crippen molar-refractivity contribution >= 4 is 11.3 Å². The van der Waals surface area contributed by atoms with Crippen LogP contribution in [-0.2, 0) is 0 Å². The van der Waals surface area contributed by atoms with Gasteiger partial charge >= 0.3 is 0 Å². The first-order valence-corrected chi connectivity index (χ1v) is 10.3. The van der Waals surface area contributed by atoms with Crippen LogP contribution in [0.2, 0.25) is 0 Å². The fourth-order valence-corrected chi connectivity index (χ4v) is 4.16. The third-order valence-corrected chi connectivity index (χ3v) is 5.95. The fraction of sp³-hybridized carbons (Fsp3) is 0.227. The summed E-state index contributed by atoms with van der Waals surface area (Å²) in [5.74, 6) is 2.92. The molecule has 0 N–H and O–H groups in total. The van der Waals surface area contributed by atoms with Crippen molar-refractivity contribution in [2.45, 2.75) is 18.8 Å². The molecule has 7 heteroatoms. The molecule has 0 aliphatic heterocycles. The molecule has 29 heavy (non-hydrogen) atoms. The minimum absolute atomic E-state index is 0.429. The van der Waals surface area contributed by atoms with E-state index in [1.165, 1.54) is 17.8 Å². The topological polar surface area (TPSA) is 70.3 Å². The summed E-state index contributed by atoms with van der Waals surface area (Å²) in [7, 11) is 3.20. The zero-order chi connectivity index (χ0) is 19.8. The molecule has 0 atom stereocenters. The van der Waals surface area contributed by atoms with Crippen molar-refractivity contribution in [1.29, 1.82) is 0 Å². The lowest BCUT2D eigenvalue weighted by atomic mass is 10.1. The smallest absolute Gasteiger partial charge is 0.258 e. The molecule has 1 saturated carbocycles. The van der Waals surface area contributed by atoms with E-state index in [1.807, 2.05) is 42.5 Å². The first-order chi connectivity index (χ1) is 14.2. The summed E-state index contributed by atoms with van der Waals surface area (Å²) in [6.07, 6.45) is 2.54. The molecule has 146 valence electrons. The lowest BCUT2D eigenvalue weighted by molar-refractivity contribution is 0.355. The van der Waals surface area contributed by atoms with Crippen molar-refractivity contribution < 1.29 is 14.0 Å². The van der Waals surface area contributed by atoms with E-state index < -0.39 is 0 Å². The number of ether oxygens (including phenoxy) is 2. The second-order valence-corrected chi connectivity index (χ2v) is 7.81. The third kappa shape index (κ3) is 3.49. The summed E-state index contributed by atoms with van der Waals surface area (Å²) in [4.78, 5) is 9.30.